The molecule has 2 aromatic carbocycles. The van der Waals surface area contributed by atoms with Crippen molar-refractivity contribution in [1.29, 1.82) is 0 Å². The number of hydrogen-bond acceptors (Lipinski definition) is 5. The molecular formula is C22H18Cl2N2O4S. The van der Waals surface area contributed by atoms with Gasteiger partial charge in [0.25, 0.3) is 11.8 Å². The summed E-state index contributed by atoms with van der Waals surface area (Å²) < 4.78 is 11.2. The third-order valence-electron chi connectivity index (χ3n) is 4.21. The van der Waals surface area contributed by atoms with Crippen LogP contribution in [0.5, 0.6) is 11.5 Å². The van der Waals surface area contributed by atoms with Crippen LogP contribution in [0.25, 0.3) is 6.08 Å². The van der Waals surface area contributed by atoms with Gasteiger partial charge in [-0.25, -0.2) is 0 Å². The molecule has 0 aromatic heterocycles. The Balaban J connectivity index is 2.01. The van der Waals surface area contributed by atoms with E-state index in [1.165, 1.54) is 6.08 Å². The molecule has 2 amide bonds. The zero-order valence-corrected chi connectivity index (χ0v) is 18.8. The van der Waals surface area contributed by atoms with Crippen molar-refractivity contribution in [2.24, 2.45) is 0 Å². The number of hydrogen-bond donors (Lipinski definition) is 1. The summed E-state index contributed by atoms with van der Waals surface area (Å²) in [6, 6.07) is 9.90. The molecule has 0 unspecified atom stereocenters. The van der Waals surface area contributed by atoms with Gasteiger partial charge < -0.3 is 9.47 Å². The average molecular weight is 477 g/mol. The van der Waals surface area contributed by atoms with E-state index in [0.717, 1.165) is 4.90 Å². The van der Waals surface area contributed by atoms with E-state index >= 15 is 0 Å². The lowest BCUT2D eigenvalue weighted by Crippen LogP contribution is -2.54. The zero-order valence-electron chi connectivity index (χ0n) is 16.5. The van der Waals surface area contributed by atoms with Gasteiger partial charge in [0.05, 0.1) is 22.3 Å². The minimum atomic E-state index is -0.622. The smallest absolute Gasteiger partial charge is 0.270 e. The van der Waals surface area contributed by atoms with Gasteiger partial charge in [0, 0.05) is 0 Å². The maximum Gasteiger partial charge on any atom is 0.270 e. The summed E-state index contributed by atoms with van der Waals surface area (Å²) in [6.45, 7) is 6.19. The summed E-state index contributed by atoms with van der Waals surface area (Å²) in [4.78, 5) is 26.8. The van der Waals surface area contributed by atoms with E-state index in [-0.39, 0.29) is 26.4 Å². The average Bonchev–Trinajstić information content (AvgIpc) is 2.73. The fraction of sp³-hybridized carbons (Fsp3) is 0.136. The molecule has 2 aromatic rings. The number of anilines is 1. The van der Waals surface area contributed by atoms with E-state index in [2.05, 4.69) is 11.9 Å². The quantitative estimate of drug-likeness (QED) is 0.269. The van der Waals surface area contributed by atoms with Crippen LogP contribution in [0.4, 0.5) is 5.69 Å². The van der Waals surface area contributed by atoms with Gasteiger partial charge in [0.2, 0.25) is 0 Å². The molecule has 1 N–H and O–H groups in total. The summed E-state index contributed by atoms with van der Waals surface area (Å²) in [7, 11) is 0. The molecular weight excluding hydrogens is 459 g/mol. The van der Waals surface area contributed by atoms with E-state index < -0.39 is 11.8 Å². The molecule has 1 saturated heterocycles. The topological polar surface area (TPSA) is 67.9 Å². The molecule has 0 saturated carbocycles. The van der Waals surface area contributed by atoms with Crippen LogP contribution in [-0.2, 0) is 9.59 Å². The Kier molecular flexibility index (Phi) is 7.33. The molecule has 9 heteroatoms. The first-order valence-corrected chi connectivity index (χ1v) is 10.4. The molecule has 0 aliphatic carbocycles. The second kappa shape index (κ2) is 9.96. The molecule has 0 atom stereocenters. The lowest BCUT2D eigenvalue weighted by atomic mass is 10.1. The van der Waals surface area contributed by atoms with Gasteiger partial charge in [0.15, 0.2) is 16.6 Å². The molecule has 1 aliphatic heterocycles. The number of carbonyl (C=O) groups excluding carboxylic acids is 2. The van der Waals surface area contributed by atoms with Crippen LogP contribution in [0.2, 0.25) is 10.0 Å². The predicted molar refractivity (Wildman–Crippen MR) is 126 cm³/mol. The fourth-order valence-electron chi connectivity index (χ4n) is 2.86. The highest BCUT2D eigenvalue weighted by molar-refractivity contribution is 7.80. The first-order chi connectivity index (χ1) is 14.9. The van der Waals surface area contributed by atoms with Crippen LogP contribution in [-0.4, -0.2) is 30.1 Å². The van der Waals surface area contributed by atoms with Crippen molar-refractivity contribution < 1.29 is 19.1 Å². The molecule has 1 heterocycles. The van der Waals surface area contributed by atoms with E-state index in [9.17, 15) is 9.59 Å². The van der Waals surface area contributed by atoms with Crippen LogP contribution in [0.3, 0.4) is 0 Å². The Hall–Kier alpha value is -2.87. The summed E-state index contributed by atoms with van der Waals surface area (Å²) in [5.41, 5.74) is 0.725. The highest BCUT2D eigenvalue weighted by Gasteiger charge is 2.35. The van der Waals surface area contributed by atoms with Crippen molar-refractivity contribution in [3.05, 3.63) is 70.2 Å². The SMILES string of the molecule is C=CCOc1ccc(/C=C2\C(=O)NC(=S)N(c3cccc(Cl)c3Cl)C2=O)cc1OCC. The third kappa shape index (κ3) is 4.90. The number of nitrogens with one attached hydrogen (secondary N) is 1. The summed E-state index contributed by atoms with van der Waals surface area (Å²) >= 11 is 17.5. The Morgan fingerprint density at radius 1 is 1.16 bits per heavy atom. The van der Waals surface area contributed by atoms with E-state index in [4.69, 9.17) is 44.9 Å². The van der Waals surface area contributed by atoms with Crippen LogP contribution < -0.4 is 19.7 Å². The number of amides is 2. The van der Waals surface area contributed by atoms with Gasteiger partial charge in [-0.3, -0.25) is 19.8 Å². The number of nitrogens with zero attached hydrogens (tertiary/aromatic N) is 1. The molecule has 0 bridgehead atoms. The first kappa shape index (κ1) is 22.8. The number of thiocarbonyl (C=S) groups is 1. The normalized spacial score (nSPS) is 15.1. The lowest BCUT2D eigenvalue weighted by Gasteiger charge is -2.29. The molecule has 0 radical (unpaired) electrons. The number of carbonyl (C=O) groups is 2. The first-order valence-electron chi connectivity index (χ1n) is 9.23. The summed E-state index contributed by atoms with van der Waals surface area (Å²) in [6.07, 6.45) is 3.07. The third-order valence-corrected chi connectivity index (χ3v) is 5.30. The monoisotopic (exact) mass is 476 g/mol. The van der Waals surface area contributed by atoms with Gasteiger partial charge in [-0.1, -0.05) is 48.0 Å². The Bertz CT molecular complexity index is 1100. The van der Waals surface area contributed by atoms with Gasteiger partial charge in [-0.15, -0.1) is 0 Å². The van der Waals surface area contributed by atoms with Crippen LogP contribution in [0.15, 0.2) is 54.6 Å². The second-order valence-electron chi connectivity index (χ2n) is 6.27. The van der Waals surface area contributed by atoms with Gasteiger partial charge in [-0.05, 0) is 55.0 Å². The molecule has 0 spiro atoms. The molecule has 3 rings (SSSR count). The Morgan fingerprint density at radius 2 is 1.94 bits per heavy atom. The minimum absolute atomic E-state index is 0.0838. The van der Waals surface area contributed by atoms with Crippen molar-refractivity contribution in [2.75, 3.05) is 18.1 Å². The van der Waals surface area contributed by atoms with Crippen LogP contribution >= 0.6 is 35.4 Å². The number of halogens is 2. The van der Waals surface area contributed by atoms with E-state index in [1.807, 2.05) is 6.92 Å². The minimum Gasteiger partial charge on any atom is -0.490 e. The van der Waals surface area contributed by atoms with Gasteiger partial charge >= 0.3 is 0 Å². The van der Waals surface area contributed by atoms with Crippen LogP contribution in [0.1, 0.15) is 12.5 Å². The van der Waals surface area contributed by atoms with Gasteiger partial charge in [0.1, 0.15) is 12.2 Å². The van der Waals surface area contributed by atoms with Crippen molar-refractivity contribution in [3.8, 4) is 11.5 Å². The maximum absolute atomic E-state index is 13.2. The van der Waals surface area contributed by atoms with Crippen molar-refractivity contribution in [1.82, 2.24) is 5.32 Å². The van der Waals surface area contributed by atoms with Crippen molar-refractivity contribution in [2.45, 2.75) is 6.92 Å². The highest BCUT2D eigenvalue weighted by atomic mass is 35.5. The van der Waals surface area contributed by atoms with Crippen molar-refractivity contribution >= 4 is 64.1 Å². The maximum atomic E-state index is 13.2. The summed E-state index contributed by atoms with van der Waals surface area (Å²) in [5, 5.41) is 2.84. The molecule has 160 valence electrons. The molecule has 31 heavy (non-hydrogen) atoms. The van der Waals surface area contributed by atoms with E-state index in [1.54, 1.807) is 42.5 Å². The Labute approximate surface area is 195 Å². The number of ether oxygens (including phenoxy) is 2. The van der Waals surface area contributed by atoms with E-state index in [0.29, 0.717) is 30.3 Å². The van der Waals surface area contributed by atoms with Crippen molar-refractivity contribution in [3.63, 3.8) is 0 Å². The zero-order chi connectivity index (χ0) is 22.5. The second-order valence-corrected chi connectivity index (χ2v) is 7.44. The highest BCUT2D eigenvalue weighted by Crippen LogP contribution is 2.35. The fourth-order valence-corrected chi connectivity index (χ4v) is 3.51. The lowest BCUT2D eigenvalue weighted by molar-refractivity contribution is -0.122. The molecule has 1 fully saturated rings. The predicted octanol–water partition coefficient (Wildman–Crippen LogP) is 4.79. The van der Waals surface area contributed by atoms with Crippen LogP contribution in [0, 0.1) is 0 Å². The number of benzene rings is 2. The molecule has 1 aliphatic rings. The number of rotatable bonds is 7. The standard InChI is InChI=1S/C22H18Cl2N2O4S/c1-3-10-30-17-9-8-13(12-18(17)29-4-2)11-14-20(27)25-22(31)26(21(14)28)16-7-5-6-15(23)19(16)24/h3,5-9,11-12H,1,4,10H2,2H3,(H,25,27,31)/b14-11+. The van der Waals surface area contributed by atoms with Gasteiger partial charge in [-0.2, -0.15) is 0 Å². The largest absolute Gasteiger partial charge is 0.490 e. The Morgan fingerprint density at radius 3 is 2.65 bits per heavy atom. The summed E-state index contributed by atoms with van der Waals surface area (Å²) in [5.74, 6) is -0.235. The molecule has 6 nitrogen and oxygen atoms in total.